The highest BCUT2D eigenvalue weighted by Gasteiger charge is 2.25. The number of thiazole rings is 1. The fourth-order valence-corrected chi connectivity index (χ4v) is 4.31. The predicted octanol–water partition coefficient (Wildman–Crippen LogP) is 4.74. The highest BCUT2D eigenvalue weighted by atomic mass is 79.9. The molecule has 6 heteroatoms. The van der Waals surface area contributed by atoms with Crippen LogP contribution >= 0.6 is 27.3 Å². The summed E-state index contributed by atoms with van der Waals surface area (Å²) in [6.07, 6.45) is 1.78. The van der Waals surface area contributed by atoms with Crippen molar-refractivity contribution in [1.29, 1.82) is 0 Å². The van der Waals surface area contributed by atoms with Gasteiger partial charge in [0.15, 0.2) is 0 Å². The van der Waals surface area contributed by atoms with Crippen LogP contribution in [0, 0.1) is 0 Å². The number of piperidine rings is 1. The van der Waals surface area contributed by atoms with Crippen LogP contribution < -0.4 is 4.74 Å². The van der Waals surface area contributed by atoms with E-state index in [1.165, 1.54) is 0 Å². The number of carbonyl (C=O) groups is 1. The Morgan fingerprint density at radius 2 is 1.96 bits per heavy atom. The largest absolute Gasteiger partial charge is 0.467 e. The molecule has 0 unspecified atom stereocenters. The summed E-state index contributed by atoms with van der Waals surface area (Å²) in [5.41, 5.74) is 1.70. The van der Waals surface area contributed by atoms with Gasteiger partial charge in [-0.1, -0.05) is 45.5 Å². The van der Waals surface area contributed by atoms with E-state index in [4.69, 9.17) is 4.74 Å². The standard InChI is InChI=1S/C19H17BrN2O2S/c20-14-5-3-4-13(12-14)18(23)22-10-8-15(9-11-22)24-19-21-16-6-1-2-7-17(16)25-19/h1-7,12,15H,8-11H2. The van der Waals surface area contributed by atoms with Gasteiger partial charge < -0.3 is 9.64 Å². The number of para-hydroxylation sites is 1. The van der Waals surface area contributed by atoms with Crippen molar-refractivity contribution in [2.75, 3.05) is 13.1 Å². The molecule has 1 saturated heterocycles. The molecule has 128 valence electrons. The number of rotatable bonds is 3. The minimum absolute atomic E-state index is 0.0831. The van der Waals surface area contributed by atoms with Gasteiger partial charge in [0.2, 0.25) is 0 Å². The molecule has 0 saturated carbocycles. The van der Waals surface area contributed by atoms with Crippen molar-refractivity contribution < 1.29 is 9.53 Å². The van der Waals surface area contributed by atoms with Gasteiger partial charge in [-0.15, -0.1) is 0 Å². The smallest absolute Gasteiger partial charge is 0.274 e. The molecule has 0 N–H and O–H groups in total. The number of halogens is 1. The van der Waals surface area contributed by atoms with Gasteiger partial charge in [-0.3, -0.25) is 4.79 Å². The van der Waals surface area contributed by atoms with Gasteiger partial charge in [0.1, 0.15) is 6.10 Å². The number of carbonyl (C=O) groups excluding carboxylic acids is 1. The van der Waals surface area contributed by atoms with E-state index in [2.05, 4.69) is 27.0 Å². The van der Waals surface area contributed by atoms with Crippen molar-refractivity contribution in [2.45, 2.75) is 18.9 Å². The number of amides is 1. The van der Waals surface area contributed by atoms with Crippen LogP contribution in [0.25, 0.3) is 10.2 Å². The first-order chi connectivity index (χ1) is 12.2. The minimum atomic E-state index is 0.0831. The second-order valence-corrected chi connectivity index (χ2v) is 7.98. The molecule has 0 radical (unpaired) electrons. The number of likely N-dealkylation sites (tertiary alicyclic amines) is 1. The third-order valence-electron chi connectivity index (χ3n) is 4.34. The Kier molecular flexibility index (Phi) is 4.72. The second kappa shape index (κ2) is 7.14. The predicted molar refractivity (Wildman–Crippen MR) is 103 cm³/mol. The first-order valence-electron chi connectivity index (χ1n) is 8.26. The van der Waals surface area contributed by atoms with E-state index in [9.17, 15) is 4.79 Å². The molecular weight excluding hydrogens is 400 g/mol. The van der Waals surface area contributed by atoms with Crippen molar-refractivity contribution in [1.82, 2.24) is 9.88 Å². The van der Waals surface area contributed by atoms with Crippen molar-refractivity contribution >= 4 is 43.4 Å². The van der Waals surface area contributed by atoms with Crippen LogP contribution in [-0.2, 0) is 0 Å². The van der Waals surface area contributed by atoms with Gasteiger partial charge in [-0.05, 0) is 30.3 Å². The molecule has 0 bridgehead atoms. The van der Waals surface area contributed by atoms with Crippen LogP contribution in [-0.4, -0.2) is 35.0 Å². The lowest BCUT2D eigenvalue weighted by Crippen LogP contribution is -2.41. The van der Waals surface area contributed by atoms with E-state index in [-0.39, 0.29) is 12.0 Å². The maximum atomic E-state index is 12.6. The summed E-state index contributed by atoms with van der Waals surface area (Å²) in [4.78, 5) is 19.0. The van der Waals surface area contributed by atoms with Crippen molar-refractivity contribution in [3.8, 4) is 5.19 Å². The molecule has 1 amide bonds. The Hall–Kier alpha value is -1.92. The monoisotopic (exact) mass is 416 g/mol. The van der Waals surface area contributed by atoms with Crippen LogP contribution in [0.2, 0.25) is 0 Å². The van der Waals surface area contributed by atoms with Gasteiger partial charge in [0.05, 0.1) is 10.2 Å². The van der Waals surface area contributed by atoms with Crippen LogP contribution in [0.1, 0.15) is 23.2 Å². The molecule has 1 aromatic heterocycles. The molecule has 3 aromatic rings. The van der Waals surface area contributed by atoms with E-state index >= 15 is 0 Å². The lowest BCUT2D eigenvalue weighted by atomic mass is 10.1. The number of hydrogen-bond acceptors (Lipinski definition) is 4. The molecular formula is C19H17BrN2O2S. The first-order valence-corrected chi connectivity index (χ1v) is 9.87. The maximum absolute atomic E-state index is 12.6. The summed E-state index contributed by atoms with van der Waals surface area (Å²) in [5.74, 6) is 0.0831. The van der Waals surface area contributed by atoms with Gasteiger partial charge >= 0.3 is 0 Å². The SMILES string of the molecule is O=C(c1cccc(Br)c1)N1CCC(Oc2nc3ccccc3s2)CC1. The Morgan fingerprint density at radius 3 is 2.72 bits per heavy atom. The first kappa shape index (κ1) is 16.5. The Balaban J connectivity index is 1.37. The molecule has 1 fully saturated rings. The minimum Gasteiger partial charge on any atom is -0.467 e. The van der Waals surface area contributed by atoms with Crippen LogP contribution in [0.3, 0.4) is 0 Å². The Morgan fingerprint density at radius 1 is 1.16 bits per heavy atom. The third-order valence-corrected chi connectivity index (χ3v) is 5.76. The molecule has 4 nitrogen and oxygen atoms in total. The van der Waals surface area contributed by atoms with Crippen molar-refractivity contribution in [2.24, 2.45) is 0 Å². The van der Waals surface area contributed by atoms with Crippen molar-refractivity contribution in [3.63, 3.8) is 0 Å². The Bertz CT molecular complexity index is 870. The second-order valence-electron chi connectivity index (χ2n) is 6.07. The van der Waals surface area contributed by atoms with E-state index in [1.54, 1.807) is 11.3 Å². The molecule has 2 heterocycles. The highest BCUT2D eigenvalue weighted by Crippen LogP contribution is 2.29. The number of fused-ring (bicyclic) bond motifs is 1. The molecule has 4 rings (SSSR count). The number of aromatic nitrogens is 1. The lowest BCUT2D eigenvalue weighted by Gasteiger charge is -2.31. The summed E-state index contributed by atoms with van der Waals surface area (Å²) < 4.78 is 8.12. The van der Waals surface area contributed by atoms with Crippen LogP contribution in [0.15, 0.2) is 53.0 Å². The van der Waals surface area contributed by atoms with E-state index in [0.29, 0.717) is 13.1 Å². The topological polar surface area (TPSA) is 42.4 Å². The Labute approximate surface area is 158 Å². The van der Waals surface area contributed by atoms with Gasteiger partial charge in [0, 0.05) is 36.0 Å². The van der Waals surface area contributed by atoms with E-state index in [1.807, 2.05) is 47.4 Å². The summed E-state index contributed by atoms with van der Waals surface area (Å²) in [6, 6.07) is 15.6. The average Bonchev–Trinajstić information content (AvgIpc) is 3.04. The summed E-state index contributed by atoms with van der Waals surface area (Å²) in [6.45, 7) is 1.42. The van der Waals surface area contributed by atoms with E-state index in [0.717, 1.165) is 38.3 Å². The molecule has 2 aromatic carbocycles. The normalized spacial score (nSPS) is 15.5. The average molecular weight is 417 g/mol. The van der Waals surface area contributed by atoms with Gasteiger partial charge in [-0.25, -0.2) is 4.98 Å². The van der Waals surface area contributed by atoms with Crippen molar-refractivity contribution in [3.05, 3.63) is 58.6 Å². The number of nitrogens with zero attached hydrogens (tertiary/aromatic N) is 2. The molecule has 1 aliphatic rings. The van der Waals surface area contributed by atoms with Crippen LogP contribution in [0.4, 0.5) is 0 Å². The zero-order valence-corrected chi connectivity index (χ0v) is 15.9. The lowest BCUT2D eigenvalue weighted by molar-refractivity contribution is 0.0595. The fourth-order valence-electron chi connectivity index (χ4n) is 3.02. The van der Waals surface area contributed by atoms with E-state index < -0.39 is 0 Å². The third kappa shape index (κ3) is 3.70. The number of hydrogen-bond donors (Lipinski definition) is 0. The molecule has 1 aliphatic heterocycles. The van der Waals surface area contributed by atoms with Gasteiger partial charge in [-0.2, -0.15) is 0 Å². The zero-order valence-electron chi connectivity index (χ0n) is 13.5. The van der Waals surface area contributed by atoms with Crippen LogP contribution in [0.5, 0.6) is 5.19 Å². The quantitative estimate of drug-likeness (QED) is 0.618. The molecule has 25 heavy (non-hydrogen) atoms. The molecule has 0 aliphatic carbocycles. The summed E-state index contributed by atoms with van der Waals surface area (Å²) >= 11 is 5.00. The fraction of sp³-hybridized carbons (Fsp3) is 0.263. The molecule has 0 spiro atoms. The highest BCUT2D eigenvalue weighted by molar-refractivity contribution is 9.10. The number of ether oxygens (including phenoxy) is 1. The summed E-state index contributed by atoms with van der Waals surface area (Å²) in [5, 5.41) is 0.720. The number of benzene rings is 2. The maximum Gasteiger partial charge on any atom is 0.274 e. The zero-order chi connectivity index (χ0) is 17.2. The summed E-state index contributed by atoms with van der Waals surface area (Å²) in [7, 11) is 0. The van der Waals surface area contributed by atoms with Gasteiger partial charge in [0.25, 0.3) is 11.1 Å². The molecule has 0 atom stereocenters.